The van der Waals surface area contributed by atoms with E-state index < -0.39 is 12.0 Å². The van der Waals surface area contributed by atoms with E-state index in [0.717, 1.165) is 19.3 Å². The lowest BCUT2D eigenvalue weighted by atomic mass is 9.78. The van der Waals surface area contributed by atoms with Gasteiger partial charge in [0.05, 0.1) is 19.4 Å². The van der Waals surface area contributed by atoms with Crippen molar-refractivity contribution in [3.8, 4) is 0 Å². The van der Waals surface area contributed by atoms with Crippen molar-refractivity contribution in [3.63, 3.8) is 0 Å². The first-order valence-corrected chi connectivity index (χ1v) is 11.7. The standard InChI is InChI=1S/C22H25F3N8O2/c1-30-18(34)15-10-27-33(14-11-35-12-14)17(15)29-20(30)31-7-3-21(4-8-31)5-9-32(13-21)16-2-6-26-19(28-16)22(23,24)25/h2,6,10,14H,3-5,7-9,11-13H2,1H3. The van der Waals surface area contributed by atoms with E-state index in [-0.39, 0.29) is 17.0 Å². The molecular weight excluding hydrogens is 465 g/mol. The topological polar surface area (TPSA) is 94.2 Å². The van der Waals surface area contributed by atoms with E-state index in [1.807, 2.05) is 4.90 Å². The van der Waals surface area contributed by atoms with Crippen LogP contribution in [0.4, 0.5) is 24.9 Å². The summed E-state index contributed by atoms with van der Waals surface area (Å²) in [7, 11) is 1.73. The molecule has 35 heavy (non-hydrogen) atoms. The molecule has 0 aromatic carbocycles. The SMILES string of the molecule is Cn1c(N2CCC3(CCN(c4ccnc(C(F)(F)F)n4)C3)CC2)nc2c(cnn2C2COC2)c1=O. The van der Waals surface area contributed by atoms with Crippen molar-refractivity contribution in [2.75, 3.05) is 49.2 Å². The quantitative estimate of drug-likeness (QED) is 0.551. The van der Waals surface area contributed by atoms with E-state index in [1.165, 1.54) is 12.3 Å². The van der Waals surface area contributed by atoms with Gasteiger partial charge in [0.1, 0.15) is 17.2 Å². The van der Waals surface area contributed by atoms with Crippen LogP contribution < -0.4 is 15.4 Å². The molecule has 0 radical (unpaired) electrons. The second kappa shape index (κ2) is 7.90. The molecule has 3 fully saturated rings. The Kier molecular flexibility index (Phi) is 5.02. The number of aromatic nitrogens is 6. The molecule has 0 bridgehead atoms. The second-order valence-electron chi connectivity index (χ2n) is 9.69. The Hall–Kier alpha value is -3.22. The summed E-state index contributed by atoms with van der Waals surface area (Å²) in [5.74, 6) is -0.185. The van der Waals surface area contributed by atoms with Crippen LogP contribution in [0.5, 0.6) is 0 Å². The van der Waals surface area contributed by atoms with Crippen molar-refractivity contribution in [1.29, 1.82) is 0 Å². The van der Waals surface area contributed by atoms with E-state index in [4.69, 9.17) is 9.72 Å². The highest BCUT2D eigenvalue weighted by molar-refractivity contribution is 5.75. The first kappa shape index (κ1) is 22.3. The lowest BCUT2D eigenvalue weighted by Crippen LogP contribution is -2.44. The molecule has 3 aromatic rings. The van der Waals surface area contributed by atoms with E-state index in [9.17, 15) is 18.0 Å². The van der Waals surface area contributed by atoms with Crippen LogP contribution in [0.15, 0.2) is 23.3 Å². The number of halogens is 3. The number of nitrogens with zero attached hydrogens (tertiary/aromatic N) is 8. The Labute approximate surface area is 198 Å². The normalized spacial score (nSPS) is 20.7. The molecular formula is C22H25F3N8O2. The Morgan fingerprint density at radius 3 is 2.46 bits per heavy atom. The monoisotopic (exact) mass is 490 g/mol. The number of piperidine rings is 1. The van der Waals surface area contributed by atoms with Gasteiger partial charge in [0.15, 0.2) is 5.65 Å². The summed E-state index contributed by atoms with van der Waals surface area (Å²) in [4.78, 5) is 29.0. The predicted molar refractivity (Wildman–Crippen MR) is 120 cm³/mol. The molecule has 3 saturated heterocycles. The van der Waals surface area contributed by atoms with Gasteiger partial charge in [-0.3, -0.25) is 9.36 Å². The molecule has 0 aliphatic carbocycles. The molecule has 0 amide bonds. The highest BCUT2D eigenvalue weighted by Gasteiger charge is 2.42. The largest absolute Gasteiger partial charge is 0.451 e. The number of alkyl halides is 3. The summed E-state index contributed by atoms with van der Waals surface area (Å²) in [5.41, 5.74) is 0.439. The van der Waals surface area contributed by atoms with Crippen LogP contribution in [-0.4, -0.2) is 68.7 Å². The van der Waals surface area contributed by atoms with Crippen LogP contribution in [0.25, 0.3) is 11.0 Å². The van der Waals surface area contributed by atoms with Gasteiger partial charge in [-0.05, 0) is 30.7 Å². The van der Waals surface area contributed by atoms with E-state index in [2.05, 4.69) is 20.0 Å². The Morgan fingerprint density at radius 1 is 1.09 bits per heavy atom. The van der Waals surface area contributed by atoms with Crippen LogP contribution in [0.1, 0.15) is 31.1 Å². The molecule has 3 aliphatic rings. The van der Waals surface area contributed by atoms with Crippen molar-refractivity contribution in [3.05, 3.63) is 34.6 Å². The molecule has 0 saturated carbocycles. The number of hydrogen-bond acceptors (Lipinski definition) is 8. The minimum Gasteiger partial charge on any atom is -0.377 e. The summed E-state index contributed by atoms with van der Waals surface area (Å²) < 4.78 is 47.8. The molecule has 0 N–H and O–H groups in total. The molecule has 6 heterocycles. The first-order chi connectivity index (χ1) is 16.7. The number of rotatable bonds is 3. The second-order valence-corrected chi connectivity index (χ2v) is 9.69. The van der Waals surface area contributed by atoms with Gasteiger partial charge in [-0.1, -0.05) is 0 Å². The van der Waals surface area contributed by atoms with E-state index in [1.54, 1.807) is 22.5 Å². The fraction of sp³-hybridized carbons (Fsp3) is 0.591. The van der Waals surface area contributed by atoms with Crippen LogP contribution in [-0.2, 0) is 18.0 Å². The highest BCUT2D eigenvalue weighted by atomic mass is 19.4. The summed E-state index contributed by atoms with van der Waals surface area (Å²) in [5, 5.41) is 4.87. The van der Waals surface area contributed by atoms with Gasteiger partial charge >= 0.3 is 6.18 Å². The average Bonchev–Trinajstić information content (AvgIpc) is 3.41. The van der Waals surface area contributed by atoms with Gasteiger partial charge < -0.3 is 14.5 Å². The fourth-order valence-electron chi connectivity index (χ4n) is 5.36. The lowest BCUT2D eigenvalue weighted by Gasteiger charge is -2.40. The zero-order valence-corrected chi connectivity index (χ0v) is 19.2. The van der Waals surface area contributed by atoms with Crippen LogP contribution in [0.3, 0.4) is 0 Å². The lowest BCUT2D eigenvalue weighted by molar-refractivity contribution is -0.144. The van der Waals surface area contributed by atoms with Crippen molar-refractivity contribution in [2.45, 2.75) is 31.5 Å². The summed E-state index contributed by atoms with van der Waals surface area (Å²) in [6, 6.07) is 1.63. The van der Waals surface area contributed by atoms with Crippen molar-refractivity contribution in [1.82, 2.24) is 29.3 Å². The third-order valence-corrected chi connectivity index (χ3v) is 7.54. The third-order valence-electron chi connectivity index (χ3n) is 7.54. The van der Waals surface area contributed by atoms with Gasteiger partial charge in [0, 0.05) is 39.4 Å². The fourth-order valence-corrected chi connectivity index (χ4v) is 5.36. The maximum Gasteiger partial charge on any atom is 0.451 e. The third kappa shape index (κ3) is 3.72. The first-order valence-electron chi connectivity index (χ1n) is 11.7. The molecule has 3 aliphatic heterocycles. The van der Waals surface area contributed by atoms with Crippen molar-refractivity contribution in [2.24, 2.45) is 12.5 Å². The molecule has 3 aromatic heterocycles. The Bertz CT molecular complexity index is 1320. The smallest absolute Gasteiger partial charge is 0.377 e. The molecule has 1 spiro atoms. The Balaban J connectivity index is 1.20. The molecule has 13 heteroatoms. The number of anilines is 2. The molecule has 10 nitrogen and oxygen atoms in total. The minimum atomic E-state index is -4.57. The zero-order chi connectivity index (χ0) is 24.4. The van der Waals surface area contributed by atoms with Gasteiger partial charge in [0.2, 0.25) is 11.8 Å². The number of ether oxygens (including phenoxy) is 1. The Morgan fingerprint density at radius 2 is 1.80 bits per heavy atom. The van der Waals surface area contributed by atoms with Gasteiger partial charge in [-0.25, -0.2) is 14.6 Å². The van der Waals surface area contributed by atoms with Crippen LogP contribution in [0.2, 0.25) is 0 Å². The zero-order valence-electron chi connectivity index (χ0n) is 19.2. The molecule has 0 atom stereocenters. The molecule has 186 valence electrons. The van der Waals surface area contributed by atoms with Crippen LogP contribution >= 0.6 is 0 Å². The minimum absolute atomic E-state index is 0.00610. The number of hydrogen-bond donors (Lipinski definition) is 0. The number of fused-ring (bicyclic) bond motifs is 1. The molecule has 0 unspecified atom stereocenters. The van der Waals surface area contributed by atoms with E-state index >= 15 is 0 Å². The van der Waals surface area contributed by atoms with Gasteiger partial charge in [0.25, 0.3) is 5.56 Å². The highest BCUT2D eigenvalue weighted by Crippen LogP contribution is 2.42. The maximum atomic E-state index is 13.0. The predicted octanol–water partition coefficient (Wildman–Crippen LogP) is 2.01. The average molecular weight is 490 g/mol. The summed E-state index contributed by atoms with van der Waals surface area (Å²) >= 11 is 0. The summed E-state index contributed by atoms with van der Waals surface area (Å²) in [6.07, 6.45) is 0.758. The van der Waals surface area contributed by atoms with Crippen molar-refractivity contribution < 1.29 is 17.9 Å². The molecule has 6 rings (SSSR count). The van der Waals surface area contributed by atoms with Gasteiger partial charge in [-0.15, -0.1) is 0 Å². The van der Waals surface area contributed by atoms with Gasteiger partial charge in [-0.2, -0.15) is 23.3 Å². The van der Waals surface area contributed by atoms with E-state index in [0.29, 0.717) is 62.2 Å². The maximum absolute atomic E-state index is 13.0. The van der Waals surface area contributed by atoms with Crippen molar-refractivity contribution >= 4 is 22.8 Å². The summed E-state index contributed by atoms with van der Waals surface area (Å²) in [6.45, 7) is 3.83. The van der Waals surface area contributed by atoms with Crippen LogP contribution in [0, 0.1) is 5.41 Å².